The number of nitrogens with two attached hydrogens (primary N) is 2. The molecule has 246 valence electrons. The van der Waals surface area contributed by atoms with Gasteiger partial charge in [0, 0.05) is 60.9 Å². The molecule has 0 aliphatic carbocycles. The standard InChI is InChI=1S/C33H37ClF2N10O/c1-20(37)3-2-4-22-13-26(30(36)27(34)14-22)28-15-23-19-46(33(47)45-31(23)44-28)25-7-5-21(6-8-25)17-42-24(9-10-39-29(38)16-35)18-43-32-40-11-12-41-32/h5-8,11-15,19,24,42H,1-4,9-10,16-18,37H2,(H2,38,39)(H2,40,41,43)(H,44,45,47)/t24-/m1/s1. The lowest BCUT2D eigenvalue weighted by molar-refractivity contribution is 0.501. The van der Waals surface area contributed by atoms with Crippen molar-refractivity contribution >= 4 is 34.4 Å². The number of allylic oxidation sites excluding steroid dienone is 1. The van der Waals surface area contributed by atoms with Crippen LogP contribution in [0.3, 0.4) is 0 Å². The summed E-state index contributed by atoms with van der Waals surface area (Å²) in [4.78, 5) is 31.5. The summed E-state index contributed by atoms with van der Waals surface area (Å²) in [6.45, 7) is 4.41. The number of aromatic nitrogens is 5. The van der Waals surface area contributed by atoms with Gasteiger partial charge in [0.1, 0.15) is 18.2 Å². The van der Waals surface area contributed by atoms with Crippen molar-refractivity contribution in [2.75, 3.05) is 25.1 Å². The highest BCUT2D eigenvalue weighted by Gasteiger charge is 2.16. The molecule has 3 aromatic heterocycles. The first-order chi connectivity index (χ1) is 22.7. The monoisotopic (exact) mass is 662 g/mol. The van der Waals surface area contributed by atoms with E-state index >= 15 is 4.39 Å². The van der Waals surface area contributed by atoms with E-state index in [1.54, 1.807) is 36.8 Å². The van der Waals surface area contributed by atoms with Gasteiger partial charge in [-0.05, 0) is 67.1 Å². The first kappa shape index (κ1) is 33.4. The van der Waals surface area contributed by atoms with Crippen molar-refractivity contribution in [2.45, 2.75) is 38.3 Å². The number of nitrogens with one attached hydrogen (secondary N) is 4. The van der Waals surface area contributed by atoms with Crippen molar-refractivity contribution in [3.05, 3.63) is 106 Å². The van der Waals surface area contributed by atoms with Crippen LogP contribution < -0.4 is 27.8 Å². The van der Waals surface area contributed by atoms with Gasteiger partial charge < -0.3 is 32.1 Å². The highest BCUT2D eigenvalue weighted by Crippen LogP contribution is 2.31. The predicted octanol–water partition coefficient (Wildman–Crippen LogP) is 4.98. The van der Waals surface area contributed by atoms with E-state index in [2.05, 4.69) is 42.1 Å². The molecule has 0 unspecified atom stereocenters. The molecule has 5 rings (SSSR count). The van der Waals surface area contributed by atoms with Crippen molar-refractivity contribution in [3.63, 3.8) is 0 Å². The Kier molecular flexibility index (Phi) is 11.0. The van der Waals surface area contributed by atoms with Gasteiger partial charge in [-0.15, -0.1) is 0 Å². The number of hydrogen-bond donors (Lipinski definition) is 6. The van der Waals surface area contributed by atoms with E-state index in [-0.39, 0.29) is 16.9 Å². The van der Waals surface area contributed by atoms with E-state index in [0.29, 0.717) is 78.5 Å². The minimum atomic E-state index is -0.777. The quantitative estimate of drug-likeness (QED) is 0.0640. The Morgan fingerprint density at radius 3 is 2.70 bits per heavy atom. The molecule has 5 aromatic rings. The Labute approximate surface area is 275 Å². The maximum atomic E-state index is 15.1. The maximum absolute atomic E-state index is 15.1. The number of nitrogens with zero attached hydrogens (tertiary/aromatic N) is 4. The third-order valence-corrected chi connectivity index (χ3v) is 7.88. The Morgan fingerprint density at radius 2 is 1.98 bits per heavy atom. The minimum Gasteiger partial charge on any atom is -0.403 e. The molecule has 0 spiro atoms. The SMILES string of the molecule is C=C(N)CCCc1cc(Cl)c(F)c(-c2cc3cn(-c4ccc(CN[C@H](CCN=C(N)CF)CNc5ncc[nH]5)cc4)c(=O)nc3[nH]2)c1. The van der Waals surface area contributed by atoms with Gasteiger partial charge >= 0.3 is 5.69 Å². The lowest BCUT2D eigenvalue weighted by Gasteiger charge is -2.19. The van der Waals surface area contributed by atoms with Crippen LogP contribution >= 0.6 is 11.6 Å². The lowest BCUT2D eigenvalue weighted by Crippen LogP contribution is -2.36. The van der Waals surface area contributed by atoms with E-state index < -0.39 is 18.2 Å². The zero-order valence-corrected chi connectivity index (χ0v) is 26.5. The second-order valence-corrected chi connectivity index (χ2v) is 11.6. The Balaban J connectivity index is 1.29. The summed E-state index contributed by atoms with van der Waals surface area (Å²) < 4.78 is 29.3. The smallest absolute Gasteiger partial charge is 0.354 e. The average Bonchev–Trinajstić information content (AvgIpc) is 3.73. The molecule has 47 heavy (non-hydrogen) atoms. The summed E-state index contributed by atoms with van der Waals surface area (Å²) in [5, 5.41) is 7.37. The van der Waals surface area contributed by atoms with Crippen LogP contribution in [-0.2, 0) is 13.0 Å². The van der Waals surface area contributed by atoms with Crippen LogP contribution in [0.2, 0.25) is 5.02 Å². The van der Waals surface area contributed by atoms with Gasteiger partial charge in [0.15, 0.2) is 11.8 Å². The predicted molar refractivity (Wildman–Crippen MR) is 183 cm³/mol. The summed E-state index contributed by atoms with van der Waals surface area (Å²) in [5.41, 5.74) is 14.9. The van der Waals surface area contributed by atoms with Crippen molar-refractivity contribution in [2.24, 2.45) is 16.5 Å². The molecule has 0 saturated heterocycles. The number of aromatic amines is 2. The number of aliphatic imine (C=N–C) groups is 1. The molecule has 0 amide bonds. The number of H-pyrrole nitrogens is 2. The molecular formula is C33H37ClF2N10O. The Morgan fingerprint density at radius 1 is 1.17 bits per heavy atom. The van der Waals surface area contributed by atoms with Crippen LogP contribution in [-0.4, -0.2) is 56.1 Å². The molecule has 0 radical (unpaired) electrons. The third-order valence-electron chi connectivity index (χ3n) is 7.60. The molecule has 0 bridgehead atoms. The van der Waals surface area contributed by atoms with Gasteiger partial charge in [-0.25, -0.2) is 18.6 Å². The number of halogens is 3. The third kappa shape index (κ3) is 8.83. The van der Waals surface area contributed by atoms with Crippen LogP contribution in [0.15, 0.2) is 83.1 Å². The second-order valence-electron chi connectivity index (χ2n) is 11.2. The average molecular weight is 663 g/mol. The summed E-state index contributed by atoms with van der Waals surface area (Å²) in [6, 6.07) is 12.6. The molecule has 0 aliphatic rings. The number of fused-ring (bicyclic) bond motifs is 1. The minimum absolute atomic E-state index is 0.0138. The molecule has 0 aliphatic heterocycles. The van der Waals surface area contributed by atoms with Crippen LogP contribution in [0.4, 0.5) is 14.7 Å². The normalized spacial score (nSPS) is 12.4. The van der Waals surface area contributed by atoms with Crippen molar-refractivity contribution < 1.29 is 8.78 Å². The Bertz CT molecular complexity index is 1900. The molecular weight excluding hydrogens is 626 g/mol. The number of amidine groups is 1. The maximum Gasteiger partial charge on any atom is 0.354 e. The number of hydrogen-bond acceptors (Lipinski definition) is 7. The van der Waals surface area contributed by atoms with Gasteiger partial charge in [0.25, 0.3) is 0 Å². The number of anilines is 1. The number of benzene rings is 2. The topological polar surface area (TPSA) is 168 Å². The van der Waals surface area contributed by atoms with E-state index in [1.807, 2.05) is 24.3 Å². The fraction of sp³-hybridized carbons (Fsp3) is 0.273. The van der Waals surface area contributed by atoms with E-state index in [1.165, 1.54) is 4.57 Å². The Hall–Kier alpha value is -5.01. The van der Waals surface area contributed by atoms with Crippen LogP contribution in [0.5, 0.6) is 0 Å². The van der Waals surface area contributed by atoms with E-state index in [9.17, 15) is 9.18 Å². The van der Waals surface area contributed by atoms with Gasteiger partial charge in [0.2, 0.25) is 0 Å². The number of alkyl halides is 1. The summed E-state index contributed by atoms with van der Waals surface area (Å²) in [5.74, 6) is 0.0653. The van der Waals surface area contributed by atoms with Crippen LogP contribution in [0.1, 0.15) is 30.4 Å². The first-order valence-electron chi connectivity index (χ1n) is 15.1. The molecule has 3 heterocycles. The number of rotatable bonds is 16. The number of aryl methyl sites for hydroxylation is 1. The van der Waals surface area contributed by atoms with Crippen molar-refractivity contribution in [1.82, 2.24) is 29.8 Å². The largest absolute Gasteiger partial charge is 0.403 e. The summed E-state index contributed by atoms with van der Waals surface area (Å²) >= 11 is 6.23. The van der Waals surface area contributed by atoms with Gasteiger partial charge in [0.05, 0.1) is 16.4 Å². The van der Waals surface area contributed by atoms with Crippen LogP contribution in [0.25, 0.3) is 28.0 Å². The molecule has 11 nitrogen and oxygen atoms in total. The number of imidazole rings is 1. The van der Waals surface area contributed by atoms with Gasteiger partial charge in [-0.1, -0.05) is 30.3 Å². The molecule has 14 heteroatoms. The van der Waals surface area contributed by atoms with E-state index in [4.69, 9.17) is 23.1 Å². The second kappa shape index (κ2) is 15.5. The molecule has 1 atom stereocenters. The zero-order valence-electron chi connectivity index (χ0n) is 25.7. The highest BCUT2D eigenvalue weighted by atomic mass is 35.5. The van der Waals surface area contributed by atoms with Gasteiger partial charge in [-0.2, -0.15) is 4.98 Å². The molecule has 8 N–H and O–H groups in total. The lowest BCUT2D eigenvalue weighted by atomic mass is 10.0. The molecule has 2 aromatic carbocycles. The van der Waals surface area contributed by atoms with Crippen molar-refractivity contribution in [1.29, 1.82) is 0 Å². The van der Waals surface area contributed by atoms with Crippen LogP contribution in [0, 0.1) is 5.82 Å². The van der Waals surface area contributed by atoms with Crippen molar-refractivity contribution in [3.8, 4) is 16.9 Å². The zero-order chi connectivity index (χ0) is 33.3. The first-order valence-corrected chi connectivity index (χ1v) is 15.5. The molecule has 0 saturated carbocycles. The summed E-state index contributed by atoms with van der Waals surface area (Å²) in [7, 11) is 0. The fourth-order valence-electron chi connectivity index (χ4n) is 5.13. The fourth-order valence-corrected chi connectivity index (χ4v) is 5.37. The van der Waals surface area contributed by atoms with E-state index in [0.717, 1.165) is 17.5 Å². The van der Waals surface area contributed by atoms with Gasteiger partial charge in [-0.3, -0.25) is 9.56 Å². The molecule has 0 fully saturated rings. The highest BCUT2D eigenvalue weighted by molar-refractivity contribution is 6.31. The summed E-state index contributed by atoms with van der Waals surface area (Å²) in [6.07, 6.45) is 7.75.